The van der Waals surface area contributed by atoms with E-state index in [1.54, 1.807) is 0 Å². The van der Waals surface area contributed by atoms with Gasteiger partial charge in [-0.2, -0.15) is 0 Å². The molecule has 6 saturated carbocycles. The Morgan fingerprint density at radius 1 is 0.562 bits per heavy atom. The molecular weight excluding hydrogens is 592 g/mol. The van der Waals surface area contributed by atoms with Gasteiger partial charge in [0.15, 0.2) is 11.6 Å². The molecule has 0 aliphatic heterocycles. The molecule has 4 heteroatoms. The van der Waals surface area contributed by atoms with Gasteiger partial charge in [-0.05, 0) is 183 Å². The molecule has 268 valence electrons. The zero-order chi connectivity index (χ0) is 34.2. The van der Waals surface area contributed by atoms with Crippen molar-refractivity contribution in [1.82, 2.24) is 0 Å². The first-order valence-corrected chi connectivity index (χ1v) is 20.5. The van der Waals surface area contributed by atoms with E-state index in [2.05, 4.69) is 41.5 Å². The fraction of sp³-hybridized carbons (Fsp3) is 0.864. The molecule has 14 atom stereocenters. The van der Waals surface area contributed by atoms with Crippen molar-refractivity contribution < 1.29 is 19.8 Å². The first kappa shape index (κ1) is 35.2. The second-order valence-corrected chi connectivity index (χ2v) is 19.7. The number of ketones is 2. The molecule has 0 aromatic heterocycles. The van der Waals surface area contributed by atoms with Crippen molar-refractivity contribution in [3.8, 4) is 0 Å². The summed E-state index contributed by atoms with van der Waals surface area (Å²) in [6, 6.07) is 0. The number of hydrogen-bond donors (Lipinski definition) is 2. The van der Waals surface area contributed by atoms with Gasteiger partial charge in [0.2, 0.25) is 0 Å². The Kier molecular flexibility index (Phi) is 9.34. The Hall–Kier alpha value is -1.26. The number of aliphatic hydroxyl groups is 2. The van der Waals surface area contributed by atoms with Gasteiger partial charge in [-0.3, -0.25) is 9.59 Å². The minimum absolute atomic E-state index is 0.291. The zero-order valence-electron chi connectivity index (χ0n) is 31.4. The predicted molar refractivity (Wildman–Crippen MR) is 193 cm³/mol. The third-order valence-electron chi connectivity index (χ3n) is 18.0. The molecule has 48 heavy (non-hydrogen) atoms. The summed E-state index contributed by atoms with van der Waals surface area (Å²) in [6.45, 7) is 15.2. The highest BCUT2D eigenvalue weighted by Crippen LogP contribution is 2.69. The van der Waals surface area contributed by atoms with Crippen molar-refractivity contribution in [1.29, 1.82) is 0 Å². The molecule has 0 heterocycles. The molecule has 4 nitrogen and oxygen atoms in total. The van der Waals surface area contributed by atoms with Crippen molar-refractivity contribution >= 4 is 11.6 Å². The van der Waals surface area contributed by atoms with Crippen LogP contribution in [0.15, 0.2) is 23.3 Å². The SMILES string of the molecule is CC(CO)[C@H]1CC[C@H]2[C@@H]3CCC4=CC(=O)CC[C@]4(C)[C@H]3CC[C@]12C.C[C@H](CO)[C@H]1CC[C@H]2[C@@H]3CCC4=CC(=O)CC[C@]4(C)[C@H]3CC[C@]12C. The second-order valence-electron chi connectivity index (χ2n) is 19.7. The summed E-state index contributed by atoms with van der Waals surface area (Å²) >= 11 is 0. The van der Waals surface area contributed by atoms with Crippen LogP contribution in [0.25, 0.3) is 0 Å². The number of carbonyl (C=O) groups excluding carboxylic acids is 2. The number of rotatable bonds is 4. The molecular formula is C44H68O4. The lowest BCUT2D eigenvalue weighted by Gasteiger charge is -2.58. The van der Waals surface area contributed by atoms with Gasteiger partial charge in [-0.15, -0.1) is 0 Å². The Bertz CT molecular complexity index is 1230. The highest BCUT2D eigenvalue weighted by molar-refractivity contribution is 5.92. The number of aliphatic hydroxyl groups excluding tert-OH is 2. The predicted octanol–water partition coefficient (Wildman–Crippen LogP) is 9.53. The summed E-state index contributed by atoms with van der Waals surface area (Å²) in [4.78, 5) is 23.8. The first-order valence-electron chi connectivity index (χ1n) is 20.5. The van der Waals surface area contributed by atoms with E-state index < -0.39 is 0 Å². The number of fused-ring (bicyclic) bond motifs is 10. The third kappa shape index (κ3) is 5.33. The number of carbonyl (C=O) groups is 2. The Balaban J connectivity index is 0.000000152. The van der Waals surface area contributed by atoms with E-state index in [-0.39, 0.29) is 0 Å². The van der Waals surface area contributed by atoms with Crippen molar-refractivity contribution in [3.05, 3.63) is 23.3 Å². The molecule has 0 radical (unpaired) electrons. The van der Waals surface area contributed by atoms with E-state index in [1.165, 1.54) is 75.4 Å². The van der Waals surface area contributed by atoms with Crippen LogP contribution in [0.4, 0.5) is 0 Å². The van der Waals surface area contributed by atoms with Crippen LogP contribution in [0, 0.1) is 80.8 Å². The average Bonchev–Trinajstić information content (AvgIpc) is 3.62. The van der Waals surface area contributed by atoms with Crippen LogP contribution in [0.1, 0.15) is 144 Å². The minimum Gasteiger partial charge on any atom is -0.396 e. The van der Waals surface area contributed by atoms with E-state index in [0.29, 0.717) is 70.1 Å². The molecule has 6 fully saturated rings. The van der Waals surface area contributed by atoms with E-state index in [1.807, 2.05) is 12.2 Å². The van der Waals surface area contributed by atoms with Crippen molar-refractivity contribution in [2.75, 3.05) is 13.2 Å². The van der Waals surface area contributed by atoms with Crippen LogP contribution in [0.5, 0.6) is 0 Å². The zero-order valence-corrected chi connectivity index (χ0v) is 31.4. The lowest BCUT2D eigenvalue weighted by atomic mass is 9.46. The smallest absolute Gasteiger partial charge is 0.155 e. The molecule has 2 N–H and O–H groups in total. The summed E-state index contributed by atoms with van der Waals surface area (Å²) in [7, 11) is 0. The maximum Gasteiger partial charge on any atom is 0.155 e. The maximum atomic E-state index is 11.9. The van der Waals surface area contributed by atoms with Crippen molar-refractivity contribution in [2.24, 2.45) is 80.8 Å². The third-order valence-corrected chi connectivity index (χ3v) is 18.0. The standard InChI is InChI=1S/2C22H34O2/c2*1-14(13-23)18-6-7-19-17-5-4-15-12-16(24)8-10-21(15,2)20(17)9-11-22(18,19)3/h2*12,14,17-20,23H,4-11,13H2,1-3H3/t14?,17-,18+,19-,20-,21-,22+;14-,17+,18-,19+,20+,21+,22-/m01/s1. The highest BCUT2D eigenvalue weighted by atomic mass is 16.3. The molecule has 0 spiro atoms. The Labute approximate surface area is 292 Å². The first-order chi connectivity index (χ1) is 22.8. The molecule has 8 aliphatic rings. The monoisotopic (exact) mass is 661 g/mol. The van der Waals surface area contributed by atoms with Crippen molar-refractivity contribution in [2.45, 2.75) is 144 Å². The molecule has 8 aliphatic carbocycles. The summed E-state index contributed by atoms with van der Waals surface area (Å²) in [6.07, 6.45) is 23.2. The van der Waals surface area contributed by atoms with Crippen LogP contribution in [0.3, 0.4) is 0 Å². The van der Waals surface area contributed by atoms with Gasteiger partial charge in [0.25, 0.3) is 0 Å². The summed E-state index contributed by atoms with van der Waals surface area (Å²) < 4.78 is 0. The normalized spacial score (nSPS) is 49.0. The van der Waals surface area contributed by atoms with Gasteiger partial charge >= 0.3 is 0 Å². The summed E-state index contributed by atoms with van der Waals surface area (Å²) in [5.41, 5.74) is 4.40. The lowest BCUT2D eigenvalue weighted by molar-refractivity contribution is -0.118. The Morgan fingerprint density at radius 2 is 0.958 bits per heavy atom. The van der Waals surface area contributed by atoms with E-state index in [9.17, 15) is 19.8 Å². The van der Waals surface area contributed by atoms with Gasteiger partial charge in [-0.25, -0.2) is 0 Å². The number of allylic oxidation sites excluding steroid dienone is 2. The fourth-order valence-electron chi connectivity index (χ4n) is 15.3. The largest absolute Gasteiger partial charge is 0.396 e. The van der Waals surface area contributed by atoms with Crippen LogP contribution in [-0.4, -0.2) is 35.0 Å². The fourth-order valence-corrected chi connectivity index (χ4v) is 15.3. The van der Waals surface area contributed by atoms with E-state index >= 15 is 0 Å². The van der Waals surface area contributed by atoms with E-state index in [4.69, 9.17) is 0 Å². The van der Waals surface area contributed by atoms with Gasteiger partial charge in [0.1, 0.15) is 0 Å². The van der Waals surface area contributed by atoms with Crippen LogP contribution in [-0.2, 0) is 9.59 Å². The maximum absolute atomic E-state index is 11.9. The Morgan fingerprint density at radius 3 is 1.33 bits per heavy atom. The average molecular weight is 661 g/mol. The van der Waals surface area contributed by atoms with Crippen LogP contribution >= 0.6 is 0 Å². The quantitative estimate of drug-likeness (QED) is 0.315. The molecule has 0 aromatic carbocycles. The minimum atomic E-state index is 0.291. The molecule has 0 saturated heterocycles. The summed E-state index contributed by atoms with van der Waals surface area (Å²) in [5, 5.41) is 19.4. The molecule has 1 unspecified atom stereocenters. The molecule has 0 bridgehead atoms. The second kappa shape index (κ2) is 12.8. The van der Waals surface area contributed by atoms with Crippen LogP contribution < -0.4 is 0 Å². The summed E-state index contributed by atoms with van der Waals surface area (Å²) in [5.74, 6) is 7.94. The van der Waals surface area contributed by atoms with Gasteiger partial charge in [0, 0.05) is 26.1 Å². The van der Waals surface area contributed by atoms with Gasteiger partial charge in [-0.1, -0.05) is 52.7 Å². The van der Waals surface area contributed by atoms with Gasteiger partial charge < -0.3 is 10.2 Å². The van der Waals surface area contributed by atoms with Crippen molar-refractivity contribution in [3.63, 3.8) is 0 Å². The van der Waals surface area contributed by atoms with Gasteiger partial charge in [0.05, 0.1) is 0 Å². The lowest BCUT2D eigenvalue weighted by Crippen LogP contribution is -2.51. The highest BCUT2D eigenvalue weighted by Gasteiger charge is 2.61. The van der Waals surface area contributed by atoms with Crippen LogP contribution in [0.2, 0.25) is 0 Å². The molecule has 0 amide bonds. The molecule has 8 rings (SSSR count). The molecule has 0 aromatic rings. The number of hydrogen-bond acceptors (Lipinski definition) is 4. The topological polar surface area (TPSA) is 74.6 Å². The van der Waals surface area contributed by atoms with E-state index in [0.717, 1.165) is 74.0 Å².